The summed E-state index contributed by atoms with van der Waals surface area (Å²) in [5.41, 5.74) is 1.30. The maximum Gasteiger partial charge on any atom is 0.508 e. The molecule has 0 atom stereocenters. The fourth-order valence-corrected chi connectivity index (χ4v) is 2.35. The SMILES string of the molecule is O=C(OCCCC(=O)c1ccccc1)OCCCC(=O)c1ccccc1. The minimum Gasteiger partial charge on any atom is -0.434 e. The van der Waals surface area contributed by atoms with Gasteiger partial charge in [-0.3, -0.25) is 9.59 Å². The van der Waals surface area contributed by atoms with Gasteiger partial charge in [0.25, 0.3) is 0 Å². The summed E-state index contributed by atoms with van der Waals surface area (Å²) in [7, 11) is 0. The number of hydrogen-bond acceptors (Lipinski definition) is 5. The summed E-state index contributed by atoms with van der Waals surface area (Å²) >= 11 is 0. The molecule has 0 aliphatic heterocycles. The van der Waals surface area contributed by atoms with Crippen molar-refractivity contribution in [2.75, 3.05) is 13.2 Å². The molecule has 0 saturated heterocycles. The Labute approximate surface area is 152 Å². The quantitative estimate of drug-likeness (QED) is 0.358. The molecule has 0 saturated carbocycles. The molecule has 136 valence electrons. The summed E-state index contributed by atoms with van der Waals surface area (Å²) in [4.78, 5) is 35.2. The van der Waals surface area contributed by atoms with Crippen molar-refractivity contribution in [3.05, 3.63) is 71.8 Å². The lowest BCUT2D eigenvalue weighted by Crippen LogP contribution is -2.11. The van der Waals surface area contributed by atoms with Crippen LogP contribution in [0, 0.1) is 0 Å². The van der Waals surface area contributed by atoms with Gasteiger partial charge in [-0.2, -0.15) is 0 Å². The minimum atomic E-state index is -0.774. The summed E-state index contributed by atoms with van der Waals surface area (Å²) in [6, 6.07) is 18.0. The first-order valence-corrected chi connectivity index (χ1v) is 8.63. The molecule has 0 aliphatic carbocycles. The van der Waals surface area contributed by atoms with Crippen molar-refractivity contribution >= 4 is 17.7 Å². The lowest BCUT2D eigenvalue weighted by Gasteiger charge is -2.06. The van der Waals surface area contributed by atoms with Gasteiger partial charge in [0, 0.05) is 24.0 Å². The van der Waals surface area contributed by atoms with Gasteiger partial charge in [-0.1, -0.05) is 60.7 Å². The minimum absolute atomic E-state index is 0.0157. The van der Waals surface area contributed by atoms with Gasteiger partial charge in [0.15, 0.2) is 11.6 Å². The molecule has 0 aromatic heterocycles. The second-order valence-electron chi connectivity index (χ2n) is 5.73. The lowest BCUT2D eigenvalue weighted by molar-refractivity contribution is 0.0518. The molecule has 2 rings (SSSR count). The number of rotatable bonds is 10. The Morgan fingerprint density at radius 2 is 1.00 bits per heavy atom. The van der Waals surface area contributed by atoms with Crippen LogP contribution in [0.2, 0.25) is 0 Å². The smallest absolute Gasteiger partial charge is 0.434 e. The fourth-order valence-electron chi connectivity index (χ4n) is 2.35. The Morgan fingerprint density at radius 3 is 1.38 bits per heavy atom. The molecule has 0 unspecified atom stereocenters. The molecular formula is C21H22O5. The highest BCUT2D eigenvalue weighted by molar-refractivity contribution is 5.96. The molecular weight excluding hydrogens is 332 g/mol. The fraction of sp³-hybridized carbons (Fsp3) is 0.286. The first-order chi connectivity index (χ1) is 12.7. The van der Waals surface area contributed by atoms with E-state index in [0.717, 1.165) is 0 Å². The molecule has 5 nitrogen and oxygen atoms in total. The van der Waals surface area contributed by atoms with E-state index in [1.54, 1.807) is 24.3 Å². The van der Waals surface area contributed by atoms with Crippen molar-refractivity contribution in [1.29, 1.82) is 0 Å². The maximum absolute atomic E-state index is 11.9. The third-order valence-corrected chi connectivity index (χ3v) is 3.73. The van der Waals surface area contributed by atoms with Crippen LogP contribution in [-0.2, 0) is 9.47 Å². The van der Waals surface area contributed by atoms with Crippen molar-refractivity contribution in [3.63, 3.8) is 0 Å². The molecule has 0 fully saturated rings. The molecule has 2 aromatic rings. The predicted molar refractivity (Wildman–Crippen MR) is 97.3 cm³/mol. The highest BCUT2D eigenvalue weighted by Crippen LogP contribution is 2.07. The molecule has 0 bridgehead atoms. The summed E-state index contributed by atoms with van der Waals surface area (Å²) < 4.78 is 9.84. The van der Waals surface area contributed by atoms with E-state index in [1.807, 2.05) is 36.4 Å². The van der Waals surface area contributed by atoms with E-state index in [4.69, 9.17) is 9.47 Å². The van der Waals surface area contributed by atoms with Gasteiger partial charge >= 0.3 is 6.16 Å². The number of Topliss-reactive ketones (excluding diaryl/α,β-unsaturated/α-hetero) is 2. The maximum atomic E-state index is 11.9. The topological polar surface area (TPSA) is 69.7 Å². The van der Waals surface area contributed by atoms with Gasteiger partial charge in [-0.05, 0) is 12.8 Å². The van der Waals surface area contributed by atoms with Crippen molar-refractivity contribution in [1.82, 2.24) is 0 Å². The number of carbonyl (C=O) groups excluding carboxylic acids is 3. The number of ether oxygens (including phenoxy) is 2. The van der Waals surface area contributed by atoms with E-state index < -0.39 is 6.16 Å². The van der Waals surface area contributed by atoms with E-state index >= 15 is 0 Å². The van der Waals surface area contributed by atoms with Crippen molar-refractivity contribution in [2.45, 2.75) is 25.7 Å². The number of ketones is 2. The largest absolute Gasteiger partial charge is 0.508 e. The highest BCUT2D eigenvalue weighted by atomic mass is 16.7. The molecule has 0 N–H and O–H groups in total. The summed E-state index contributed by atoms with van der Waals surface area (Å²) in [6.07, 6.45) is 0.723. The molecule has 2 aromatic carbocycles. The molecule has 0 heterocycles. The van der Waals surface area contributed by atoms with Crippen LogP contribution in [0.1, 0.15) is 46.4 Å². The zero-order valence-corrected chi connectivity index (χ0v) is 14.6. The van der Waals surface area contributed by atoms with Gasteiger partial charge in [0.05, 0.1) is 13.2 Å². The molecule has 0 spiro atoms. The summed E-state index contributed by atoms with van der Waals surface area (Å²) in [6.45, 7) is 0.251. The molecule has 5 heteroatoms. The zero-order chi connectivity index (χ0) is 18.6. The van der Waals surface area contributed by atoms with Crippen LogP contribution in [0.3, 0.4) is 0 Å². The average Bonchev–Trinajstić information content (AvgIpc) is 2.69. The normalized spacial score (nSPS) is 10.2. The molecule has 0 amide bonds. The Morgan fingerprint density at radius 1 is 0.615 bits per heavy atom. The van der Waals surface area contributed by atoms with Gasteiger partial charge < -0.3 is 9.47 Å². The Kier molecular flexibility index (Phi) is 8.06. The third kappa shape index (κ3) is 6.89. The summed E-state index contributed by atoms with van der Waals surface area (Å²) in [5, 5.41) is 0. The average molecular weight is 354 g/mol. The number of carbonyl (C=O) groups is 3. The van der Waals surface area contributed by atoms with Crippen LogP contribution in [0.4, 0.5) is 4.79 Å². The van der Waals surface area contributed by atoms with Crippen LogP contribution in [0.15, 0.2) is 60.7 Å². The Balaban J connectivity index is 1.53. The predicted octanol–water partition coefficient (Wildman–Crippen LogP) is 4.47. The zero-order valence-electron chi connectivity index (χ0n) is 14.6. The third-order valence-electron chi connectivity index (χ3n) is 3.73. The lowest BCUT2D eigenvalue weighted by atomic mass is 10.1. The van der Waals surface area contributed by atoms with E-state index in [9.17, 15) is 14.4 Å². The van der Waals surface area contributed by atoms with Crippen molar-refractivity contribution < 1.29 is 23.9 Å². The van der Waals surface area contributed by atoms with Crippen LogP contribution < -0.4 is 0 Å². The van der Waals surface area contributed by atoms with Crippen LogP contribution in [0.25, 0.3) is 0 Å². The van der Waals surface area contributed by atoms with Crippen molar-refractivity contribution in [2.24, 2.45) is 0 Å². The second-order valence-corrected chi connectivity index (χ2v) is 5.73. The second kappa shape index (κ2) is 10.8. The van der Waals surface area contributed by atoms with Crippen LogP contribution in [-0.4, -0.2) is 30.9 Å². The van der Waals surface area contributed by atoms with Gasteiger partial charge in [0.1, 0.15) is 0 Å². The van der Waals surface area contributed by atoms with E-state index in [-0.39, 0.29) is 24.8 Å². The highest BCUT2D eigenvalue weighted by Gasteiger charge is 2.09. The van der Waals surface area contributed by atoms with E-state index in [2.05, 4.69) is 0 Å². The monoisotopic (exact) mass is 354 g/mol. The first-order valence-electron chi connectivity index (χ1n) is 8.63. The van der Waals surface area contributed by atoms with E-state index in [1.165, 1.54) is 0 Å². The van der Waals surface area contributed by atoms with Gasteiger partial charge in [-0.15, -0.1) is 0 Å². The van der Waals surface area contributed by atoms with Crippen LogP contribution in [0.5, 0.6) is 0 Å². The van der Waals surface area contributed by atoms with E-state index in [0.29, 0.717) is 36.8 Å². The number of hydrogen-bond donors (Lipinski definition) is 0. The summed E-state index contributed by atoms with van der Waals surface area (Å²) in [5.74, 6) is 0.0315. The van der Waals surface area contributed by atoms with Gasteiger partial charge in [0.2, 0.25) is 0 Å². The molecule has 0 aliphatic rings. The Hall–Kier alpha value is -2.95. The molecule has 0 radical (unpaired) electrons. The molecule has 26 heavy (non-hydrogen) atoms. The van der Waals surface area contributed by atoms with Gasteiger partial charge in [-0.25, -0.2) is 4.79 Å². The first kappa shape index (κ1) is 19.4. The number of benzene rings is 2. The van der Waals surface area contributed by atoms with Crippen molar-refractivity contribution in [3.8, 4) is 0 Å². The standard InChI is InChI=1S/C21H22O5/c22-19(17-9-3-1-4-10-17)13-7-15-25-21(24)26-16-8-14-20(23)18-11-5-2-6-12-18/h1-6,9-12H,7-8,13-16H2. The van der Waals surface area contributed by atoms with Crippen LogP contribution >= 0.6 is 0 Å². The Bertz CT molecular complexity index is 648.